The van der Waals surface area contributed by atoms with Crippen LogP contribution in [0.2, 0.25) is 0 Å². The van der Waals surface area contributed by atoms with Gasteiger partial charge in [-0.05, 0) is 11.1 Å². The summed E-state index contributed by atoms with van der Waals surface area (Å²) in [6, 6.07) is 20.4. The fourth-order valence-electron chi connectivity index (χ4n) is 3.23. The van der Waals surface area contributed by atoms with Crippen molar-refractivity contribution in [3.63, 3.8) is 0 Å². The van der Waals surface area contributed by atoms with Gasteiger partial charge in [-0.3, -0.25) is 0 Å². The minimum Gasteiger partial charge on any atom is -0.461 e. The van der Waals surface area contributed by atoms with Crippen molar-refractivity contribution in [2.24, 2.45) is 0 Å². The fourth-order valence-corrected chi connectivity index (χ4v) is 3.23. The number of methoxy groups -OCH3 is 1. The van der Waals surface area contributed by atoms with E-state index in [4.69, 9.17) is 15.2 Å². The molecule has 2 aromatic heterocycles. The SMILES string of the molecule is COCCOc1nc(Cc2ccccc2)c2nc(N)nc(Cc3ccccc3)c2n1. The van der Waals surface area contributed by atoms with Gasteiger partial charge in [0, 0.05) is 20.0 Å². The highest BCUT2D eigenvalue weighted by molar-refractivity contribution is 5.80. The number of benzene rings is 2. The number of aromatic nitrogens is 4. The molecule has 0 aliphatic heterocycles. The zero-order valence-corrected chi connectivity index (χ0v) is 16.8. The van der Waals surface area contributed by atoms with E-state index in [0.717, 1.165) is 22.5 Å². The van der Waals surface area contributed by atoms with Crippen molar-refractivity contribution in [3.05, 3.63) is 83.2 Å². The van der Waals surface area contributed by atoms with Crippen LogP contribution in [0.3, 0.4) is 0 Å². The minimum atomic E-state index is 0.208. The zero-order valence-electron chi connectivity index (χ0n) is 16.8. The largest absolute Gasteiger partial charge is 0.461 e. The van der Waals surface area contributed by atoms with Crippen molar-refractivity contribution in [1.82, 2.24) is 19.9 Å². The van der Waals surface area contributed by atoms with E-state index in [1.165, 1.54) is 0 Å². The van der Waals surface area contributed by atoms with E-state index < -0.39 is 0 Å². The van der Waals surface area contributed by atoms with Crippen molar-refractivity contribution >= 4 is 17.0 Å². The van der Waals surface area contributed by atoms with E-state index in [2.05, 4.69) is 32.1 Å². The van der Waals surface area contributed by atoms with Crippen LogP contribution in [0.15, 0.2) is 60.7 Å². The summed E-state index contributed by atoms with van der Waals surface area (Å²) in [5.74, 6) is 0.208. The summed E-state index contributed by atoms with van der Waals surface area (Å²) in [5, 5.41) is 0. The normalized spacial score (nSPS) is 11.0. The third-order valence-corrected chi connectivity index (χ3v) is 4.63. The zero-order chi connectivity index (χ0) is 20.8. The van der Waals surface area contributed by atoms with Crippen LogP contribution >= 0.6 is 0 Å². The lowest BCUT2D eigenvalue weighted by molar-refractivity contribution is 0.141. The molecule has 7 nitrogen and oxygen atoms in total. The standard InChI is InChI=1S/C23H23N5O2/c1-29-12-13-30-23-26-19(15-17-10-6-3-7-11-17)20-21(28-23)18(25-22(24)27-20)14-16-8-4-2-5-9-16/h2-11H,12-15H2,1H3,(H2,24,25,27). The molecule has 4 rings (SSSR count). The molecule has 30 heavy (non-hydrogen) atoms. The Labute approximate surface area is 174 Å². The Kier molecular flexibility index (Phi) is 6.10. The number of anilines is 1. The van der Waals surface area contributed by atoms with E-state index in [1.807, 2.05) is 48.5 Å². The molecule has 0 amide bonds. The van der Waals surface area contributed by atoms with Gasteiger partial charge in [0.1, 0.15) is 17.6 Å². The van der Waals surface area contributed by atoms with Crippen LogP contribution in [0, 0.1) is 0 Å². The minimum absolute atomic E-state index is 0.208. The molecule has 2 aromatic carbocycles. The molecule has 4 aromatic rings. The van der Waals surface area contributed by atoms with Crippen molar-refractivity contribution < 1.29 is 9.47 Å². The van der Waals surface area contributed by atoms with E-state index >= 15 is 0 Å². The maximum absolute atomic E-state index is 6.05. The van der Waals surface area contributed by atoms with E-state index in [0.29, 0.717) is 37.1 Å². The molecule has 0 saturated carbocycles. The number of ether oxygens (including phenoxy) is 2. The van der Waals surface area contributed by atoms with Crippen molar-refractivity contribution in [3.8, 4) is 6.01 Å². The molecule has 2 N–H and O–H groups in total. The predicted octanol–water partition coefficient (Wildman–Crippen LogP) is 3.21. The molecule has 0 radical (unpaired) electrons. The first-order chi connectivity index (χ1) is 14.7. The van der Waals surface area contributed by atoms with E-state index in [-0.39, 0.29) is 12.0 Å². The highest BCUT2D eigenvalue weighted by atomic mass is 16.5. The fraction of sp³-hybridized carbons (Fsp3) is 0.217. The molecule has 0 fully saturated rings. The molecule has 2 heterocycles. The van der Waals surface area contributed by atoms with Gasteiger partial charge < -0.3 is 15.2 Å². The summed E-state index contributed by atoms with van der Waals surface area (Å²) < 4.78 is 10.8. The Hall–Kier alpha value is -3.58. The molecule has 152 valence electrons. The van der Waals surface area contributed by atoms with Gasteiger partial charge in [-0.15, -0.1) is 0 Å². The molecule has 0 unspecified atom stereocenters. The van der Waals surface area contributed by atoms with Gasteiger partial charge >= 0.3 is 6.01 Å². The summed E-state index contributed by atoms with van der Waals surface area (Å²) in [7, 11) is 1.63. The smallest absolute Gasteiger partial charge is 0.317 e. The molecule has 0 saturated heterocycles. The Morgan fingerprint density at radius 3 is 1.87 bits per heavy atom. The summed E-state index contributed by atoms with van der Waals surface area (Å²) in [6.45, 7) is 0.807. The molecule has 0 aliphatic rings. The third kappa shape index (κ3) is 4.69. The molecule has 0 aliphatic carbocycles. The first kappa shape index (κ1) is 19.7. The lowest BCUT2D eigenvalue weighted by Gasteiger charge is -2.12. The summed E-state index contributed by atoms with van der Waals surface area (Å²) in [4.78, 5) is 18.2. The Balaban J connectivity index is 1.81. The summed E-state index contributed by atoms with van der Waals surface area (Å²) >= 11 is 0. The van der Waals surface area contributed by atoms with Crippen LogP contribution in [-0.4, -0.2) is 40.3 Å². The van der Waals surface area contributed by atoms with Gasteiger partial charge in [0.05, 0.1) is 18.0 Å². The average Bonchev–Trinajstić information content (AvgIpc) is 2.76. The number of nitrogen functional groups attached to an aromatic ring is 1. The van der Waals surface area contributed by atoms with Gasteiger partial charge in [-0.25, -0.2) is 9.97 Å². The number of nitrogens with zero attached hydrogens (tertiary/aromatic N) is 4. The van der Waals surface area contributed by atoms with Gasteiger partial charge in [-0.1, -0.05) is 60.7 Å². The Morgan fingerprint density at radius 2 is 1.27 bits per heavy atom. The van der Waals surface area contributed by atoms with Crippen LogP contribution < -0.4 is 10.5 Å². The first-order valence-electron chi connectivity index (χ1n) is 9.75. The predicted molar refractivity (Wildman–Crippen MR) is 115 cm³/mol. The number of hydrogen-bond donors (Lipinski definition) is 1. The summed E-state index contributed by atoms with van der Waals surface area (Å²) in [5.41, 5.74) is 11.1. The maximum Gasteiger partial charge on any atom is 0.317 e. The van der Waals surface area contributed by atoms with Crippen LogP contribution in [0.25, 0.3) is 11.0 Å². The molecular weight excluding hydrogens is 378 g/mol. The first-order valence-corrected chi connectivity index (χ1v) is 9.75. The Bertz CT molecular complexity index is 1120. The highest BCUT2D eigenvalue weighted by Gasteiger charge is 2.17. The maximum atomic E-state index is 6.05. The second-order valence-corrected chi connectivity index (χ2v) is 6.84. The van der Waals surface area contributed by atoms with Crippen molar-refractivity contribution in [2.45, 2.75) is 12.8 Å². The molecular formula is C23H23N5O2. The molecule has 0 atom stereocenters. The van der Waals surface area contributed by atoms with Gasteiger partial charge in [0.15, 0.2) is 0 Å². The second kappa shape index (κ2) is 9.28. The summed E-state index contributed by atoms with van der Waals surface area (Å²) in [6.07, 6.45) is 1.17. The molecule has 7 heteroatoms. The topological polar surface area (TPSA) is 96.0 Å². The quantitative estimate of drug-likeness (QED) is 0.453. The average molecular weight is 401 g/mol. The lowest BCUT2D eigenvalue weighted by Crippen LogP contribution is -2.11. The number of fused-ring (bicyclic) bond motifs is 1. The van der Waals surface area contributed by atoms with Crippen LogP contribution in [0.5, 0.6) is 6.01 Å². The van der Waals surface area contributed by atoms with Gasteiger partial charge in [-0.2, -0.15) is 9.97 Å². The van der Waals surface area contributed by atoms with Gasteiger partial charge in [0.2, 0.25) is 5.95 Å². The number of rotatable bonds is 8. The van der Waals surface area contributed by atoms with Gasteiger partial charge in [0.25, 0.3) is 0 Å². The number of hydrogen-bond acceptors (Lipinski definition) is 7. The second-order valence-electron chi connectivity index (χ2n) is 6.84. The number of nitrogens with two attached hydrogens (primary N) is 1. The molecule has 0 spiro atoms. The highest BCUT2D eigenvalue weighted by Crippen LogP contribution is 2.24. The van der Waals surface area contributed by atoms with Crippen LogP contribution in [-0.2, 0) is 17.6 Å². The van der Waals surface area contributed by atoms with Crippen LogP contribution in [0.1, 0.15) is 22.5 Å². The Morgan fingerprint density at radius 1 is 0.700 bits per heavy atom. The van der Waals surface area contributed by atoms with Crippen LogP contribution in [0.4, 0.5) is 5.95 Å². The monoisotopic (exact) mass is 401 g/mol. The van der Waals surface area contributed by atoms with Crippen molar-refractivity contribution in [1.29, 1.82) is 0 Å². The molecule has 0 bridgehead atoms. The lowest BCUT2D eigenvalue weighted by atomic mass is 10.1. The van der Waals surface area contributed by atoms with E-state index in [9.17, 15) is 0 Å². The van der Waals surface area contributed by atoms with E-state index in [1.54, 1.807) is 7.11 Å². The third-order valence-electron chi connectivity index (χ3n) is 4.63. The van der Waals surface area contributed by atoms with Crippen molar-refractivity contribution in [2.75, 3.05) is 26.1 Å².